The zero-order valence-corrected chi connectivity index (χ0v) is 14.3. The van der Waals surface area contributed by atoms with Gasteiger partial charge in [-0.25, -0.2) is 0 Å². The van der Waals surface area contributed by atoms with Crippen molar-refractivity contribution in [3.63, 3.8) is 0 Å². The third-order valence-electron chi connectivity index (χ3n) is 4.82. The summed E-state index contributed by atoms with van der Waals surface area (Å²) in [5, 5.41) is 0. The highest BCUT2D eigenvalue weighted by molar-refractivity contribution is 6.00. The summed E-state index contributed by atoms with van der Waals surface area (Å²) >= 11 is 0. The number of methoxy groups -OCH3 is 2. The van der Waals surface area contributed by atoms with Gasteiger partial charge in [0.25, 0.3) is 0 Å². The van der Waals surface area contributed by atoms with E-state index in [1.165, 1.54) is 6.42 Å². The third kappa shape index (κ3) is 3.18. The van der Waals surface area contributed by atoms with Gasteiger partial charge in [-0.1, -0.05) is 0 Å². The van der Waals surface area contributed by atoms with Gasteiger partial charge in [0.15, 0.2) is 11.5 Å². The van der Waals surface area contributed by atoms with Crippen LogP contribution in [0.1, 0.15) is 25.7 Å². The number of amides is 2. The van der Waals surface area contributed by atoms with E-state index in [9.17, 15) is 9.59 Å². The Bertz CT molecular complexity index is 625. The fourth-order valence-electron chi connectivity index (χ4n) is 3.49. The molecule has 0 radical (unpaired) electrons. The van der Waals surface area contributed by atoms with Gasteiger partial charge in [0.2, 0.25) is 11.8 Å². The summed E-state index contributed by atoms with van der Waals surface area (Å²) in [4.78, 5) is 28.6. The zero-order chi connectivity index (χ0) is 17.1. The molecular formula is C18H24N2O4. The van der Waals surface area contributed by atoms with Gasteiger partial charge in [-0.15, -0.1) is 0 Å². The Kier molecular flexibility index (Phi) is 4.92. The van der Waals surface area contributed by atoms with Gasteiger partial charge >= 0.3 is 0 Å². The lowest BCUT2D eigenvalue weighted by Crippen LogP contribution is -2.40. The number of piperidine rings is 1. The number of ether oxygens (including phenoxy) is 2. The van der Waals surface area contributed by atoms with Gasteiger partial charge < -0.3 is 19.3 Å². The predicted octanol–water partition coefficient (Wildman–Crippen LogP) is 2.07. The van der Waals surface area contributed by atoms with E-state index in [4.69, 9.17) is 9.47 Å². The van der Waals surface area contributed by atoms with Crippen molar-refractivity contribution in [1.29, 1.82) is 0 Å². The molecule has 0 saturated carbocycles. The first-order valence-corrected chi connectivity index (χ1v) is 8.45. The molecule has 2 heterocycles. The monoisotopic (exact) mass is 332 g/mol. The van der Waals surface area contributed by atoms with Crippen LogP contribution >= 0.6 is 0 Å². The van der Waals surface area contributed by atoms with Crippen LogP contribution in [0.4, 0.5) is 5.69 Å². The van der Waals surface area contributed by atoms with E-state index >= 15 is 0 Å². The Morgan fingerprint density at radius 2 is 1.79 bits per heavy atom. The van der Waals surface area contributed by atoms with Crippen LogP contribution in [0.3, 0.4) is 0 Å². The van der Waals surface area contributed by atoms with Crippen molar-refractivity contribution in [2.24, 2.45) is 5.92 Å². The summed E-state index contributed by atoms with van der Waals surface area (Å²) in [6.07, 6.45) is 3.59. The van der Waals surface area contributed by atoms with Crippen LogP contribution in [-0.4, -0.2) is 50.6 Å². The minimum absolute atomic E-state index is 0.0161. The maximum atomic E-state index is 12.6. The van der Waals surface area contributed by atoms with E-state index in [1.54, 1.807) is 31.3 Å². The molecular weight excluding hydrogens is 308 g/mol. The Morgan fingerprint density at radius 1 is 1.08 bits per heavy atom. The van der Waals surface area contributed by atoms with Crippen molar-refractivity contribution in [3.8, 4) is 11.5 Å². The SMILES string of the molecule is COc1ccc(N2CC(C(=O)N3CCCCC3)CC2=O)cc1OC. The van der Waals surface area contributed by atoms with Gasteiger partial charge in [-0.3, -0.25) is 9.59 Å². The first-order chi connectivity index (χ1) is 11.6. The maximum absolute atomic E-state index is 12.6. The van der Waals surface area contributed by atoms with E-state index in [-0.39, 0.29) is 24.2 Å². The molecule has 2 aliphatic heterocycles. The van der Waals surface area contributed by atoms with Crippen molar-refractivity contribution in [1.82, 2.24) is 4.90 Å². The number of likely N-dealkylation sites (tertiary alicyclic amines) is 1. The van der Waals surface area contributed by atoms with Gasteiger partial charge in [0.1, 0.15) is 0 Å². The summed E-state index contributed by atoms with van der Waals surface area (Å²) in [6, 6.07) is 5.39. The van der Waals surface area contributed by atoms with E-state index < -0.39 is 0 Å². The summed E-state index contributed by atoms with van der Waals surface area (Å²) < 4.78 is 10.5. The largest absolute Gasteiger partial charge is 0.493 e. The summed E-state index contributed by atoms with van der Waals surface area (Å²) in [7, 11) is 3.14. The number of anilines is 1. The lowest BCUT2D eigenvalue weighted by molar-refractivity contribution is -0.136. The first kappa shape index (κ1) is 16.6. The number of nitrogens with zero attached hydrogens (tertiary/aromatic N) is 2. The van der Waals surface area contributed by atoms with Crippen molar-refractivity contribution >= 4 is 17.5 Å². The average Bonchev–Trinajstić information content (AvgIpc) is 3.03. The number of carbonyl (C=O) groups is 2. The fourth-order valence-corrected chi connectivity index (χ4v) is 3.49. The molecule has 0 aromatic heterocycles. The molecule has 0 aliphatic carbocycles. The number of benzene rings is 1. The molecule has 2 amide bonds. The predicted molar refractivity (Wildman–Crippen MR) is 90.4 cm³/mol. The second-order valence-electron chi connectivity index (χ2n) is 6.33. The molecule has 0 bridgehead atoms. The molecule has 1 aromatic rings. The molecule has 1 unspecified atom stereocenters. The molecule has 6 heteroatoms. The van der Waals surface area contributed by atoms with Crippen LogP contribution in [0, 0.1) is 5.92 Å². The van der Waals surface area contributed by atoms with Crippen LogP contribution in [0.2, 0.25) is 0 Å². The number of hydrogen-bond donors (Lipinski definition) is 0. The molecule has 2 saturated heterocycles. The highest BCUT2D eigenvalue weighted by Gasteiger charge is 2.37. The molecule has 130 valence electrons. The van der Waals surface area contributed by atoms with E-state index in [2.05, 4.69) is 0 Å². The zero-order valence-electron chi connectivity index (χ0n) is 14.3. The van der Waals surface area contributed by atoms with E-state index in [0.717, 1.165) is 31.6 Å². The molecule has 0 N–H and O–H groups in total. The van der Waals surface area contributed by atoms with Crippen molar-refractivity contribution in [2.45, 2.75) is 25.7 Å². The maximum Gasteiger partial charge on any atom is 0.228 e. The quantitative estimate of drug-likeness (QED) is 0.847. The second-order valence-corrected chi connectivity index (χ2v) is 6.33. The Morgan fingerprint density at radius 3 is 2.46 bits per heavy atom. The van der Waals surface area contributed by atoms with E-state index in [1.807, 2.05) is 11.0 Å². The lowest BCUT2D eigenvalue weighted by Gasteiger charge is -2.29. The molecule has 1 aromatic carbocycles. The summed E-state index contributed by atoms with van der Waals surface area (Å²) in [6.45, 7) is 2.07. The molecule has 2 fully saturated rings. The Hall–Kier alpha value is -2.24. The van der Waals surface area contributed by atoms with Crippen molar-refractivity contribution < 1.29 is 19.1 Å². The minimum atomic E-state index is -0.247. The third-order valence-corrected chi connectivity index (χ3v) is 4.82. The van der Waals surface area contributed by atoms with Gasteiger partial charge in [0, 0.05) is 37.8 Å². The molecule has 2 aliphatic rings. The van der Waals surface area contributed by atoms with Gasteiger partial charge in [-0.05, 0) is 31.4 Å². The normalized spacial score (nSPS) is 21.1. The molecule has 6 nitrogen and oxygen atoms in total. The van der Waals surface area contributed by atoms with Crippen LogP contribution in [-0.2, 0) is 9.59 Å². The van der Waals surface area contributed by atoms with E-state index in [0.29, 0.717) is 18.0 Å². The van der Waals surface area contributed by atoms with Gasteiger partial charge in [0.05, 0.1) is 20.1 Å². The average molecular weight is 332 g/mol. The molecule has 0 spiro atoms. The van der Waals surface area contributed by atoms with Crippen LogP contribution < -0.4 is 14.4 Å². The fraction of sp³-hybridized carbons (Fsp3) is 0.556. The van der Waals surface area contributed by atoms with Crippen LogP contribution in [0.5, 0.6) is 11.5 Å². The van der Waals surface area contributed by atoms with Crippen LogP contribution in [0.15, 0.2) is 18.2 Å². The van der Waals surface area contributed by atoms with Crippen LogP contribution in [0.25, 0.3) is 0 Å². The Balaban J connectivity index is 1.73. The lowest BCUT2D eigenvalue weighted by atomic mass is 10.0. The topological polar surface area (TPSA) is 59.1 Å². The van der Waals surface area contributed by atoms with Crippen molar-refractivity contribution in [3.05, 3.63) is 18.2 Å². The smallest absolute Gasteiger partial charge is 0.228 e. The second kappa shape index (κ2) is 7.11. The first-order valence-electron chi connectivity index (χ1n) is 8.45. The number of hydrogen-bond acceptors (Lipinski definition) is 4. The molecule has 24 heavy (non-hydrogen) atoms. The van der Waals surface area contributed by atoms with Crippen molar-refractivity contribution in [2.75, 3.05) is 38.8 Å². The molecule has 3 rings (SSSR count). The molecule has 1 atom stereocenters. The number of rotatable bonds is 4. The minimum Gasteiger partial charge on any atom is -0.493 e. The highest BCUT2D eigenvalue weighted by atomic mass is 16.5. The summed E-state index contributed by atoms with van der Waals surface area (Å²) in [5.74, 6) is 1.05. The summed E-state index contributed by atoms with van der Waals surface area (Å²) in [5.41, 5.74) is 0.742. The van der Waals surface area contributed by atoms with Gasteiger partial charge in [-0.2, -0.15) is 0 Å². The number of carbonyl (C=O) groups excluding carboxylic acids is 2. The highest BCUT2D eigenvalue weighted by Crippen LogP contribution is 2.34. The Labute approximate surface area is 142 Å². The standard InChI is InChI=1S/C18H24N2O4/c1-23-15-7-6-14(11-16(15)24-2)20-12-13(10-17(20)21)18(22)19-8-4-3-5-9-19/h6-7,11,13H,3-5,8-10,12H2,1-2H3.